The van der Waals surface area contributed by atoms with Crippen LogP contribution in [-0.2, 0) is 9.47 Å². The minimum absolute atomic E-state index is 0.0603. The lowest BCUT2D eigenvalue weighted by Gasteiger charge is -2.39. The number of methoxy groups -OCH3 is 2. The maximum atomic E-state index is 5.57. The molecule has 0 aromatic rings. The lowest BCUT2D eigenvalue weighted by molar-refractivity contribution is -0.0502. The van der Waals surface area contributed by atoms with Crippen molar-refractivity contribution < 1.29 is 9.47 Å². The van der Waals surface area contributed by atoms with E-state index in [4.69, 9.17) is 9.47 Å². The number of likely N-dealkylation sites (tertiary alicyclic amines) is 1. The average molecular weight is 230 g/mol. The minimum Gasteiger partial charge on any atom is -0.383 e. The number of nitrogens with one attached hydrogen (secondary N) is 1. The van der Waals surface area contributed by atoms with Crippen LogP contribution in [0.2, 0.25) is 0 Å². The first kappa shape index (κ1) is 13.9. The van der Waals surface area contributed by atoms with E-state index in [1.807, 2.05) is 7.11 Å². The molecule has 1 unspecified atom stereocenters. The van der Waals surface area contributed by atoms with Gasteiger partial charge in [0.1, 0.15) is 0 Å². The van der Waals surface area contributed by atoms with E-state index < -0.39 is 0 Å². The summed E-state index contributed by atoms with van der Waals surface area (Å²) in [5, 5.41) is 3.37. The van der Waals surface area contributed by atoms with Gasteiger partial charge in [-0.1, -0.05) is 0 Å². The van der Waals surface area contributed by atoms with Crippen LogP contribution in [0.3, 0.4) is 0 Å². The highest BCUT2D eigenvalue weighted by Crippen LogP contribution is 2.23. The van der Waals surface area contributed by atoms with Crippen molar-refractivity contribution in [3.05, 3.63) is 0 Å². The fraction of sp³-hybridized carbons (Fsp3) is 1.00. The van der Waals surface area contributed by atoms with Gasteiger partial charge < -0.3 is 14.8 Å². The molecule has 1 heterocycles. The first-order chi connectivity index (χ1) is 7.70. The molecule has 16 heavy (non-hydrogen) atoms. The van der Waals surface area contributed by atoms with Gasteiger partial charge in [0.25, 0.3) is 0 Å². The van der Waals surface area contributed by atoms with Crippen LogP contribution in [0.1, 0.15) is 19.8 Å². The topological polar surface area (TPSA) is 33.7 Å². The molecule has 0 amide bonds. The maximum Gasteiger partial charge on any atom is 0.0777 e. The summed E-state index contributed by atoms with van der Waals surface area (Å²) >= 11 is 0. The molecule has 0 aliphatic carbocycles. The molecule has 0 spiro atoms. The summed E-state index contributed by atoms with van der Waals surface area (Å²) in [6.45, 7) is 8.31. The lowest BCUT2D eigenvalue weighted by Crippen LogP contribution is -2.49. The predicted molar refractivity (Wildman–Crippen MR) is 65.8 cm³/mol. The van der Waals surface area contributed by atoms with Crippen LogP contribution in [-0.4, -0.2) is 64.1 Å². The van der Waals surface area contributed by atoms with Crippen molar-refractivity contribution in [2.45, 2.75) is 25.4 Å². The van der Waals surface area contributed by atoms with E-state index >= 15 is 0 Å². The van der Waals surface area contributed by atoms with E-state index in [9.17, 15) is 0 Å². The van der Waals surface area contributed by atoms with E-state index in [1.54, 1.807) is 7.11 Å². The molecule has 1 atom stereocenters. The third kappa shape index (κ3) is 4.78. The maximum absolute atomic E-state index is 5.57. The highest BCUT2D eigenvalue weighted by atomic mass is 16.5. The molecule has 1 saturated heterocycles. The van der Waals surface area contributed by atoms with Gasteiger partial charge >= 0.3 is 0 Å². The van der Waals surface area contributed by atoms with Crippen LogP contribution in [0.25, 0.3) is 0 Å². The molecule has 1 N–H and O–H groups in total. The van der Waals surface area contributed by atoms with Crippen LogP contribution in [0.15, 0.2) is 0 Å². The van der Waals surface area contributed by atoms with Crippen molar-refractivity contribution in [2.24, 2.45) is 0 Å². The third-order valence-electron chi connectivity index (χ3n) is 3.32. The lowest BCUT2D eigenvalue weighted by atomic mass is 9.95. The fourth-order valence-corrected chi connectivity index (χ4v) is 2.20. The van der Waals surface area contributed by atoms with Crippen molar-refractivity contribution >= 4 is 0 Å². The van der Waals surface area contributed by atoms with E-state index in [-0.39, 0.29) is 5.60 Å². The molecule has 0 saturated carbocycles. The number of nitrogens with zero attached hydrogens (tertiary/aromatic N) is 1. The summed E-state index contributed by atoms with van der Waals surface area (Å²) in [5.41, 5.74) is 0.0603. The van der Waals surface area contributed by atoms with Gasteiger partial charge in [-0.05, 0) is 26.3 Å². The van der Waals surface area contributed by atoms with Gasteiger partial charge in [0.15, 0.2) is 0 Å². The Morgan fingerprint density at radius 2 is 2.12 bits per heavy atom. The van der Waals surface area contributed by atoms with Crippen molar-refractivity contribution in [1.82, 2.24) is 10.2 Å². The highest BCUT2D eigenvalue weighted by Gasteiger charge is 2.30. The number of hydrogen-bond donors (Lipinski definition) is 1. The van der Waals surface area contributed by atoms with E-state index in [0.29, 0.717) is 0 Å². The van der Waals surface area contributed by atoms with Gasteiger partial charge in [0.2, 0.25) is 0 Å². The van der Waals surface area contributed by atoms with Gasteiger partial charge in [0.05, 0.1) is 12.2 Å². The van der Waals surface area contributed by atoms with Crippen molar-refractivity contribution in [2.75, 3.05) is 53.6 Å². The number of hydrogen-bond acceptors (Lipinski definition) is 4. The molecule has 0 radical (unpaired) electrons. The van der Waals surface area contributed by atoms with Gasteiger partial charge in [-0.25, -0.2) is 0 Å². The molecule has 0 bridgehead atoms. The van der Waals surface area contributed by atoms with Gasteiger partial charge in [-0.3, -0.25) is 4.90 Å². The zero-order chi connectivity index (χ0) is 11.9. The monoisotopic (exact) mass is 230 g/mol. The van der Waals surface area contributed by atoms with Crippen molar-refractivity contribution in [1.29, 1.82) is 0 Å². The SMILES string of the molecule is COCCNCCN1CCCC(C)(OC)C1. The molecule has 0 aromatic heterocycles. The Hall–Kier alpha value is -0.160. The summed E-state index contributed by atoms with van der Waals surface area (Å²) in [6, 6.07) is 0. The summed E-state index contributed by atoms with van der Waals surface area (Å²) in [5.74, 6) is 0. The average Bonchev–Trinajstić information content (AvgIpc) is 2.29. The first-order valence-electron chi connectivity index (χ1n) is 6.17. The van der Waals surface area contributed by atoms with E-state index in [2.05, 4.69) is 17.1 Å². The van der Waals surface area contributed by atoms with Crippen LogP contribution in [0.5, 0.6) is 0 Å². The summed E-state index contributed by atoms with van der Waals surface area (Å²) in [4.78, 5) is 2.48. The third-order valence-corrected chi connectivity index (χ3v) is 3.32. The second kappa shape index (κ2) is 7.22. The standard InChI is InChI=1S/C12H26N2O2/c1-12(16-3)5-4-8-14(11-12)9-6-13-7-10-15-2/h13H,4-11H2,1-3H3. The minimum atomic E-state index is 0.0603. The zero-order valence-corrected chi connectivity index (χ0v) is 10.9. The van der Waals surface area contributed by atoms with Gasteiger partial charge in [-0.2, -0.15) is 0 Å². The Morgan fingerprint density at radius 1 is 1.31 bits per heavy atom. The zero-order valence-electron chi connectivity index (χ0n) is 10.9. The Kier molecular flexibility index (Phi) is 6.28. The largest absolute Gasteiger partial charge is 0.383 e. The summed E-state index contributed by atoms with van der Waals surface area (Å²) < 4.78 is 10.6. The molecule has 4 heteroatoms. The number of rotatable bonds is 7. The quantitative estimate of drug-likeness (QED) is 0.654. The van der Waals surface area contributed by atoms with Gasteiger partial charge in [0, 0.05) is 40.4 Å². The molecule has 1 rings (SSSR count). The molecular weight excluding hydrogens is 204 g/mol. The predicted octanol–water partition coefficient (Wildman–Crippen LogP) is 0.723. The summed E-state index contributed by atoms with van der Waals surface area (Å²) in [7, 11) is 3.55. The smallest absolute Gasteiger partial charge is 0.0777 e. The Morgan fingerprint density at radius 3 is 2.81 bits per heavy atom. The highest BCUT2D eigenvalue weighted by molar-refractivity contribution is 4.84. The van der Waals surface area contributed by atoms with Crippen LogP contribution in [0, 0.1) is 0 Å². The molecule has 4 nitrogen and oxygen atoms in total. The second-order valence-electron chi connectivity index (χ2n) is 4.78. The second-order valence-corrected chi connectivity index (χ2v) is 4.78. The molecule has 96 valence electrons. The molecule has 1 aliphatic rings. The Balaban J connectivity index is 2.12. The van der Waals surface area contributed by atoms with Gasteiger partial charge in [-0.15, -0.1) is 0 Å². The molecular formula is C12H26N2O2. The van der Waals surface area contributed by atoms with Crippen molar-refractivity contribution in [3.8, 4) is 0 Å². The molecule has 1 fully saturated rings. The van der Waals surface area contributed by atoms with Crippen LogP contribution in [0.4, 0.5) is 0 Å². The fourth-order valence-electron chi connectivity index (χ4n) is 2.20. The molecule has 1 aliphatic heterocycles. The molecule has 0 aromatic carbocycles. The number of ether oxygens (including phenoxy) is 2. The van der Waals surface area contributed by atoms with Crippen molar-refractivity contribution in [3.63, 3.8) is 0 Å². The van der Waals surface area contributed by atoms with Crippen LogP contribution >= 0.6 is 0 Å². The first-order valence-corrected chi connectivity index (χ1v) is 6.17. The summed E-state index contributed by atoms with van der Waals surface area (Å²) in [6.07, 6.45) is 2.42. The number of piperidine rings is 1. The Labute approximate surface area is 99.3 Å². The van der Waals surface area contributed by atoms with Crippen LogP contribution < -0.4 is 5.32 Å². The Bertz CT molecular complexity index is 190. The van der Waals surface area contributed by atoms with E-state index in [0.717, 1.165) is 32.8 Å². The normalized spacial score (nSPS) is 27.2. The van der Waals surface area contributed by atoms with E-state index in [1.165, 1.54) is 19.4 Å².